The first-order valence-corrected chi connectivity index (χ1v) is 13.8. The number of unbranched alkanes of at least 4 members (excludes halogenated alkanes) is 1. The molecule has 0 spiro atoms. The van der Waals surface area contributed by atoms with Crippen LogP contribution in [0, 0.1) is 5.92 Å². The Balaban J connectivity index is 1.53. The number of nitrogens with one attached hydrogen (secondary N) is 1. The van der Waals surface area contributed by atoms with Gasteiger partial charge in [0, 0.05) is 18.7 Å². The molecule has 3 N–H and O–H groups in total. The van der Waals surface area contributed by atoms with Crippen LogP contribution in [0.3, 0.4) is 0 Å². The van der Waals surface area contributed by atoms with Crippen LogP contribution in [0.5, 0.6) is 0 Å². The number of rotatable bonds is 11. The van der Waals surface area contributed by atoms with E-state index in [0.717, 1.165) is 50.6 Å². The van der Waals surface area contributed by atoms with E-state index < -0.39 is 11.5 Å². The van der Waals surface area contributed by atoms with Gasteiger partial charge in [0.25, 0.3) is 5.91 Å². The molecular weight excluding hydrogens is 472 g/mol. The number of aromatic nitrogens is 1. The van der Waals surface area contributed by atoms with Gasteiger partial charge in [-0.05, 0) is 64.0 Å². The second-order valence-corrected chi connectivity index (χ2v) is 10.6. The topological polar surface area (TPSA) is 128 Å². The minimum atomic E-state index is -1.06. The van der Waals surface area contributed by atoms with E-state index in [1.165, 1.54) is 25.7 Å². The lowest BCUT2D eigenvalue weighted by Gasteiger charge is -2.21. The summed E-state index contributed by atoms with van der Waals surface area (Å²) in [7, 11) is 0. The number of nitrogens with zero attached hydrogens (tertiary/aromatic N) is 2. The molecule has 2 atom stereocenters. The molecule has 206 valence electrons. The Hall–Kier alpha value is -2.52. The zero-order chi connectivity index (χ0) is 26.7. The van der Waals surface area contributed by atoms with E-state index in [1.54, 1.807) is 13.8 Å². The van der Waals surface area contributed by atoms with Gasteiger partial charge in [0.1, 0.15) is 12.2 Å². The molecule has 9 heteroatoms. The molecule has 9 nitrogen and oxygen atoms in total. The number of carbonyl (C=O) groups is 2. The van der Waals surface area contributed by atoms with Gasteiger partial charge in [0.15, 0.2) is 5.84 Å². The number of amidine groups is 1. The van der Waals surface area contributed by atoms with E-state index in [2.05, 4.69) is 21.9 Å². The maximum absolute atomic E-state index is 12.8. The highest BCUT2D eigenvalue weighted by atomic mass is 16.6. The van der Waals surface area contributed by atoms with Crippen LogP contribution in [0.15, 0.2) is 22.1 Å². The Morgan fingerprint density at radius 1 is 1.16 bits per heavy atom. The summed E-state index contributed by atoms with van der Waals surface area (Å²) in [5.74, 6) is 0.0981. The Kier molecular flexibility index (Phi) is 11.3. The van der Waals surface area contributed by atoms with Crippen molar-refractivity contribution in [2.45, 2.75) is 109 Å². The van der Waals surface area contributed by atoms with Crippen LogP contribution in [0.1, 0.15) is 109 Å². The summed E-state index contributed by atoms with van der Waals surface area (Å²) in [6.07, 6.45) is 12.0. The maximum Gasteiger partial charge on any atom is 0.306 e. The molecule has 1 aromatic heterocycles. The lowest BCUT2D eigenvalue weighted by molar-refractivity contribution is -0.149. The highest BCUT2D eigenvalue weighted by Gasteiger charge is 2.31. The van der Waals surface area contributed by atoms with E-state index in [1.807, 2.05) is 12.1 Å². The standard InChI is InChI=1S/C28H44N4O5/c1-4-5-16-36-28(2,3)27(34)32-26(30-19-29)23-14-13-22(31-23)24-15-12-21(37-24)18-35-25(33)17-20-10-8-6-7-9-11-20/h13-14,19-21,24,31H,4-12,15-18H2,1-3H3,(H2,29,30,32,34). The van der Waals surface area contributed by atoms with Crippen molar-refractivity contribution in [2.24, 2.45) is 21.6 Å². The third-order valence-corrected chi connectivity index (χ3v) is 7.14. The maximum atomic E-state index is 12.8. The normalized spacial score (nSPS) is 21.9. The third kappa shape index (κ3) is 9.07. The lowest BCUT2D eigenvalue weighted by Crippen LogP contribution is -2.34. The number of ether oxygens (including phenoxy) is 3. The number of nitrogens with two attached hydrogens (primary N) is 1. The van der Waals surface area contributed by atoms with Crippen LogP contribution in [-0.4, -0.2) is 54.0 Å². The zero-order valence-corrected chi connectivity index (χ0v) is 22.7. The fourth-order valence-electron chi connectivity index (χ4n) is 4.83. The van der Waals surface area contributed by atoms with Crippen LogP contribution in [0.25, 0.3) is 0 Å². The number of aromatic amines is 1. The Morgan fingerprint density at radius 3 is 2.62 bits per heavy atom. The van der Waals surface area contributed by atoms with Crippen molar-refractivity contribution in [1.29, 1.82) is 0 Å². The number of amides is 1. The summed E-state index contributed by atoms with van der Waals surface area (Å²) >= 11 is 0. The summed E-state index contributed by atoms with van der Waals surface area (Å²) in [5.41, 5.74) is 5.89. The van der Waals surface area contributed by atoms with Crippen molar-refractivity contribution in [1.82, 2.24) is 4.98 Å². The number of H-pyrrole nitrogens is 1. The average molecular weight is 517 g/mol. The first-order chi connectivity index (χ1) is 17.8. The van der Waals surface area contributed by atoms with Crippen LogP contribution < -0.4 is 5.73 Å². The molecule has 0 radical (unpaired) electrons. The van der Waals surface area contributed by atoms with E-state index >= 15 is 0 Å². The zero-order valence-electron chi connectivity index (χ0n) is 22.7. The molecule has 2 aliphatic rings. The third-order valence-electron chi connectivity index (χ3n) is 7.14. The molecule has 1 aromatic rings. The largest absolute Gasteiger partial charge is 0.463 e. The van der Waals surface area contributed by atoms with Crippen LogP contribution >= 0.6 is 0 Å². The van der Waals surface area contributed by atoms with Crippen molar-refractivity contribution in [3.8, 4) is 0 Å². The van der Waals surface area contributed by atoms with Gasteiger partial charge in [-0.1, -0.05) is 39.0 Å². The summed E-state index contributed by atoms with van der Waals surface area (Å²) in [6, 6.07) is 3.71. The number of hydrogen-bond acceptors (Lipinski definition) is 5. The predicted octanol–water partition coefficient (Wildman–Crippen LogP) is 4.99. The Labute approximate surface area is 220 Å². The Bertz CT molecular complexity index is 931. The average Bonchev–Trinajstić information content (AvgIpc) is 3.47. The molecule has 2 heterocycles. The van der Waals surface area contributed by atoms with Crippen LogP contribution in [0.2, 0.25) is 0 Å². The quantitative estimate of drug-likeness (QED) is 0.140. The monoisotopic (exact) mass is 516 g/mol. The minimum absolute atomic E-state index is 0.118. The highest BCUT2D eigenvalue weighted by molar-refractivity contribution is 6.08. The molecule has 0 aromatic carbocycles. The van der Waals surface area contributed by atoms with Gasteiger partial charge in [0.05, 0.1) is 24.2 Å². The van der Waals surface area contributed by atoms with E-state index in [-0.39, 0.29) is 30.6 Å². The van der Waals surface area contributed by atoms with E-state index in [9.17, 15) is 9.59 Å². The minimum Gasteiger partial charge on any atom is -0.463 e. The molecule has 1 aliphatic heterocycles. The van der Waals surface area contributed by atoms with Gasteiger partial charge in [0.2, 0.25) is 0 Å². The van der Waals surface area contributed by atoms with Crippen molar-refractivity contribution in [3.63, 3.8) is 0 Å². The number of esters is 1. The first-order valence-electron chi connectivity index (χ1n) is 13.8. The molecule has 2 fully saturated rings. The molecule has 1 saturated carbocycles. The molecule has 2 unspecified atom stereocenters. The Morgan fingerprint density at radius 2 is 1.92 bits per heavy atom. The first kappa shape index (κ1) is 29.0. The van der Waals surface area contributed by atoms with Crippen molar-refractivity contribution < 1.29 is 23.8 Å². The van der Waals surface area contributed by atoms with Crippen molar-refractivity contribution in [3.05, 3.63) is 23.5 Å². The number of carbonyl (C=O) groups excluding carboxylic acids is 2. The molecule has 3 rings (SSSR count). The van der Waals surface area contributed by atoms with E-state index in [4.69, 9.17) is 19.9 Å². The highest BCUT2D eigenvalue weighted by Crippen LogP contribution is 2.33. The van der Waals surface area contributed by atoms with Gasteiger partial charge in [-0.15, -0.1) is 0 Å². The molecule has 1 saturated heterocycles. The second-order valence-electron chi connectivity index (χ2n) is 10.6. The lowest BCUT2D eigenvalue weighted by atomic mass is 9.97. The van der Waals surface area contributed by atoms with Crippen molar-refractivity contribution in [2.75, 3.05) is 13.2 Å². The molecular formula is C28H44N4O5. The number of aliphatic imine (C=N–C) groups is 2. The molecule has 1 aliphatic carbocycles. The second kappa shape index (κ2) is 14.4. The summed E-state index contributed by atoms with van der Waals surface area (Å²) < 4.78 is 17.4. The fraction of sp³-hybridized carbons (Fsp3) is 0.714. The summed E-state index contributed by atoms with van der Waals surface area (Å²) in [4.78, 5) is 36.7. The van der Waals surface area contributed by atoms with E-state index in [0.29, 0.717) is 24.6 Å². The predicted molar refractivity (Wildman–Crippen MR) is 144 cm³/mol. The molecule has 1 amide bonds. The molecule has 37 heavy (non-hydrogen) atoms. The van der Waals surface area contributed by atoms with Gasteiger partial charge in [-0.3, -0.25) is 9.59 Å². The van der Waals surface area contributed by atoms with Gasteiger partial charge >= 0.3 is 5.97 Å². The van der Waals surface area contributed by atoms with Crippen LogP contribution in [0.4, 0.5) is 0 Å². The SMILES string of the molecule is CCCCOC(C)(C)C(=O)N=C(N=CN)c1ccc(C2CCC(COC(=O)CC3CCCCCC3)O2)[nH]1. The van der Waals surface area contributed by atoms with Crippen LogP contribution in [-0.2, 0) is 23.8 Å². The van der Waals surface area contributed by atoms with Gasteiger partial charge in [-0.2, -0.15) is 4.99 Å². The molecule has 0 bridgehead atoms. The van der Waals surface area contributed by atoms with Gasteiger partial charge < -0.3 is 24.9 Å². The summed E-state index contributed by atoms with van der Waals surface area (Å²) in [5, 5.41) is 0. The summed E-state index contributed by atoms with van der Waals surface area (Å²) in [6.45, 7) is 6.24. The smallest absolute Gasteiger partial charge is 0.306 e. The van der Waals surface area contributed by atoms with Crippen molar-refractivity contribution >= 4 is 24.1 Å². The van der Waals surface area contributed by atoms with Gasteiger partial charge in [-0.25, -0.2) is 4.99 Å². The number of hydrogen-bond donors (Lipinski definition) is 2. The fourth-order valence-corrected chi connectivity index (χ4v) is 4.83.